The molecule has 1 aliphatic heterocycles. The van der Waals surface area contributed by atoms with E-state index in [-0.39, 0.29) is 18.2 Å². The topological polar surface area (TPSA) is 40.6 Å². The molecule has 1 fully saturated rings. The molecule has 130 valence electrons. The minimum Gasteiger partial charge on any atom is -0.324 e. The van der Waals surface area contributed by atoms with E-state index in [4.69, 9.17) is 11.6 Å². The van der Waals surface area contributed by atoms with Gasteiger partial charge in [0.25, 0.3) is 0 Å². The summed E-state index contributed by atoms with van der Waals surface area (Å²) in [5, 5.41) is 0.647. The molecule has 0 atom stereocenters. The van der Waals surface area contributed by atoms with Gasteiger partial charge in [0, 0.05) is 23.7 Å². The van der Waals surface area contributed by atoms with Crippen molar-refractivity contribution in [1.29, 1.82) is 0 Å². The van der Waals surface area contributed by atoms with Crippen molar-refractivity contribution in [3.8, 4) is 0 Å². The zero-order valence-corrected chi connectivity index (χ0v) is 15.0. The van der Waals surface area contributed by atoms with Crippen LogP contribution >= 0.6 is 11.6 Å². The van der Waals surface area contributed by atoms with Gasteiger partial charge in [-0.05, 0) is 43.2 Å². The molecule has 2 aromatic carbocycles. The summed E-state index contributed by atoms with van der Waals surface area (Å²) in [5.41, 5.74) is 2.84. The first-order valence-electron chi connectivity index (χ1n) is 8.42. The summed E-state index contributed by atoms with van der Waals surface area (Å²) >= 11 is 5.91. The summed E-state index contributed by atoms with van der Waals surface area (Å²) in [6.45, 7) is 3.01. The SMILES string of the molecule is Cc1ccc(N(CN2CCCC2=O)C(=O)Cc2ccc(Cl)cc2)cc1. The van der Waals surface area contributed by atoms with Gasteiger partial charge in [-0.25, -0.2) is 0 Å². The van der Waals surface area contributed by atoms with Crippen LogP contribution in [0.4, 0.5) is 5.69 Å². The van der Waals surface area contributed by atoms with E-state index in [2.05, 4.69) is 0 Å². The van der Waals surface area contributed by atoms with Crippen molar-refractivity contribution >= 4 is 29.1 Å². The van der Waals surface area contributed by atoms with Gasteiger partial charge in [-0.3, -0.25) is 14.5 Å². The van der Waals surface area contributed by atoms with Crippen molar-refractivity contribution in [2.45, 2.75) is 26.2 Å². The summed E-state index contributed by atoms with van der Waals surface area (Å²) in [5.74, 6) is 0.0716. The molecule has 0 saturated carbocycles. The minimum absolute atomic E-state index is 0.0362. The predicted octanol–water partition coefficient (Wildman–Crippen LogP) is 3.80. The van der Waals surface area contributed by atoms with Gasteiger partial charge >= 0.3 is 0 Å². The Morgan fingerprint density at radius 2 is 1.80 bits per heavy atom. The highest BCUT2D eigenvalue weighted by Crippen LogP contribution is 2.20. The molecule has 5 heteroatoms. The quantitative estimate of drug-likeness (QED) is 0.817. The summed E-state index contributed by atoms with van der Waals surface area (Å²) < 4.78 is 0. The van der Waals surface area contributed by atoms with Gasteiger partial charge in [0.2, 0.25) is 11.8 Å². The average molecular weight is 357 g/mol. The van der Waals surface area contributed by atoms with Crippen molar-refractivity contribution in [3.05, 3.63) is 64.7 Å². The molecule has 0 bridgehead atoms. The molecule has 0 radical (unpaired) electrons. The van der Waals surface area contributed by atoms with Crippen molar-refractivity contribution < 1.29 is 9.59 Å². The number of halogens is 1. The number of rotatable bonds is 5. The number of carbonyl (C=O) groups excluding carboxylic acids is 2. The zero-order valence-electron chi connectivity index (χ0n) is 14.2. The molecule has 25 heavy (non-hydrogen) atoms. The monoisotopic (exact) mass is 356 g/mol. The average Bonchev–Trinajstić information content (AvgIpc) is 3.00. The van der Waals surface area contributed by atoms with E-state index in [0.29, 0.717) is 24.7 Å². The van der Waals surface area contributed by atoms with Gasteiger partial charge in [0.1, 0.15) is 6.67 Å². The van der Waals surface area contributed by atoms with Crippen LogP contribution in [0.2, 0.25) is 5.02 Å². The molecule has 4 nitrogen and oxygen atoms in total. The first-order chi connectivity index (χ1) is 12.0. The third-order valence-electron chi connectivity index (χ3n) is 4.40. The van der Waals surface area contributed by atoms with Crippen LogP contribution in [0, 0.1) is 6.92 Å². The fourth-order valence-electron chi connectivity index (χ4n) is 2.93. The minimum atomic E-state index is -0.0362. The molecular formula is C20H21ClN2O2. The van der Waals surface area contributed by atoms with Gasteiger partial charge in [-0.2, -0.15) is 0 Å². The molecule has 0 spiro atoms. The van der Waals surface area contributed by atoms with Crippen molar-refractivity contribution in [2.75, 3.05) is 18.1 Å². The van der Waals surface area contributed by atoms with Gasteiger partial charge < -0.3 is 4.90 Å². The second-order valence-corrected chi connectivity index (χ2v) is 6.80. The summed E-state index contributed by atoms with van der Waals surface area (Å²) in [6, 6.07) is 15.1. The van der Waals surface area contributed by atoms with E-state index >= 15 is 0 Å². The smallest absolute Gasteiger partial charge is 0.232 e. The Balaban J connectivity index is 1.81. The normalized spacial score (nSPS) is 14.0. The number of nitrogens with zero attached hydrogens (tertiary/aromatic N) is 2. The number of amides is 2. The molecule has 0 unspecified atom stereocenters. The second-order valence-electron chi connectivity index (χ2n) is 6.36. The maximum absolute atomic E-state index is 12.9. The van der Waals surface area contributed by atoms with E-state index in [1.165, 1.54) is 0 Å². The molecule has 1 heterocycles. The largest absolute Gasteiger partial charge is 0.324 e. The van der Waals surface area contributed by atoms with Crippen LogP contribution in [-0.2, 0) is 16.0 Å². The predicted molar refractivity (Wildman–Crippen MR) is 99.6 cm³/mol. The molecule has 2 aromatic rings. The van der Waals surface area contributed by atoms with Gasteiger partial charge in [-0.15, -0.1) is 0 Å². The summed E-state index contributed by atoms with van der Waals surface area (Å²) in [6.07, 6.45) is 1.69. The van der Waals surface area contributed by atoms with Crippen molar-refractivity contribution in [1.82, 2.24) is 4.90 Å². The molecule has 0 aliphatic carbocycles. The van der Waals surface area contributed by atoms with Crippen molar-refractivity contribution in [2.24, 2.45) is 0 Å². The standard InChI is InChI=1S/C20H21ClN2O2/c1-15-4-10-18(11-5-15)23(14-22-12-2-3-19(22)24)20(25)13-16-6-8-17(21)9-7-16/h4-11H,2-3,12-14H2,1H3. The highest BCUT2D eigenvalue weighted by Gasteiger charge is 2.25. The third-order valence-corrected chi connectivity index (χ3v) is 4.65. The number of anilines is 1. The highest BCUT2D eigenvalue weighted by atomic mass is 35.5. The lowest BCUT2D eigenvalue weighted by molar-refractivity contribution is -0.128. The summed E-state index contributed by atoms with van der Waals surface area (Å²) in [4.78, 5) is 28.4. The van der Waals surface area contributed by atoms with Crippen LogP contribution in [0.1, 0.15) is 24.0 Å². The van der Waals surface area contributed by atoms with Crippen LogP contribution in [0.5, 0.6) is 0 Å². The maximum Gasteiger partial charge on any atom is 0.232 e. The Hall–Kier alpha value is -2.33. The van der Waals surface area contributed by atoms with Crippen LogP contribution in [-0.4, -0.2) is 29.9 Å². The van der Waals surface area contributed by atoms with E-state index in [9.17, 15) is 9.59 Å². The second kappa shape index (κ2) is 7.70. The number of aryl methyl sites for hydroxylation is 1. The lowest BCUT2D eigenvalue weighted by Crippen LogP contribution is -2.43. The zero-order chi connectivity index (χ0) is 17.8. The number of hydrogen-bond acceptors (Lipinski definition) is 2. The first-order valence-corrected chi connectivity index (χ1v) is 8.80. The van der Waals surface area contributed by atoms with Gasteiger partial charge in [0.15, 0.2) is 0 Å². The number of benzene rings is 2. The first kappa shape index (κ1) is 17.5. The van der Waals surface area contributed by atoms with Crippen LogP contribution in [0.25, 0.3) is 0 Å². The maximum atomic E-state index is 12.9. The number of hydrogen-bond donors (Lipinski definition) is 0. The van der Waals surface area contributed by atoms with Crippen LogP contribution < -0.4 is 4.90 Å². The molecule has 0 N–H and O–H groups in total. The molecule has 3 rings (SSSR count). The van der Waals surface area contributed by atoms with E-state index in [1.807, 2.05) is 43.3 Å². The van der Waals surface area contributed by atoms with E-state index in [0.717, 1.165) is 23.2 Å². The Bertz CT molecular complexity index is 756. The molecule has 2 amide bonds. The Morgan fingerprint density at radius 3 is 2.40 bits per heavy atom. The van der Waals surface area contributed by atoms with Gasteiger partial charge in [-0.1, -0.05) is 41.4 Å². The van der Waals surface area contributed by atoms with E-state index in [1.54, 1.807) is 21.9 Å². The third kappa shape index (κ3) is 4.40. The Labute approximate surface area is 153 Å². The van der Waals surface area contributed by atoms with Crippen molar-refractivity contribution in [3.63, 3.8) is 0 Å². The lowest BCUT2D eigenvalue weighted by Gasteiger charge is -2.28. The molecule has 1 aliphatic rings. The lowest BCUT2D eigenvalue weighted by atomic mass is 10.1. The molecular weight excluding hydrogens is 336 g/mol. The Morgan fingerprint density at radius 1 is 1.12 bits per heavy atom. The fourth-order valence-corrected chi connectivity index (χ4v) is 3.05. The molecule has 1 saturated heterocycles. The van der Waals surface area contributed by atoms with Gasteiger partial charge in [0.05, 0.1) is 6.42 Å². The number of carbonyl (C=O) groups is 2. The highest BCUT2D eigenvalue weighted by molar-refractivity contribution is 6.30. The van der Waals surface area contributed by atoms with E-state index < -0.39 is 0 Å². The number of likely N-dealkylation sites (tertiary alicyclic amines) is 1. The van der Waals surface area contributed by atoms with Crippen LogP contribution in [0.15, 0.2) is 48.5 Å². The van der Waals surface area contributed by atoms with Crippen LogP contribution in [0.3, 0.4) is 0 Å². The summed E-state index contributed by atoms with van der Waals surface area (Å²) in [7, 11) is 0. The molecule has 0 aromatic heterocycles. The fraction of sp³-hybridized carbons (Fsp3) is 0.300. The Kier molecular flexibility index (Phi) is 5.39.